The van der Waals surface area contributed by atoms with Crippen LogP contribution in [0.2, 0.25) is 0 Å². The van der Waals surface area contributed by atoms with E-state index in [1.807, 2.05) is 0 Å². The van der Waals surface area contributed by atoms with Gasteiger partial charge in [0.05, 0.1) is 11.5 Å². The van der Waals surface area contributed by atoms with Crippen LogP contribution in [0, 0.1) is 34.5 Å². The van der Waals surface area contributed by atoms with E-state index >= 15 is 0 Å². The van der Waals surface area contributed by atoms with Crippen molar-refractivity contribution in [2.24, 2.45) is 23.2 Å². The molecule has 2 rings (SSSR count). The standard InChI is InChI=1S/C23H39N/c1-3-5-7-9-20-10-12-21(13-11-20)22-14-17-23(19-24,18-15-22)16-8-6-4-2/h4,6,20-22H,3,5,7-18H2,1-2H3/b6-4+/t20?,21?,22-,23+. The molecule has 0 unspecified atom stereocenters. The molecule has 0 aromatic rings. The predicted molar refractivity (Wildman–Crippen MR) is 104 cm³/mol. The van der Waals surface area contributed by atoms with Gasteiger partial charge in [0.15, 0.2) is 0 Å². The molecule has 0 aromatic heterocycles. The lowest BCUT2D eigenvalue weighted by molar-refractivity contribution is 0.116. The Kier molecular flexibility index (Phi) is 8.37. The third kappa shape index (κ3) is 5.65. The quantitative estimate of drug-likeness (QED) is 0.335. The summed E-state index contributed by atoms with van der Waals surface area (Å²) in [4.78, 5) is 0. The van der Waals surface area contributed by atoms with Gasteiger partial charge < -0.3 is 0 Å². The number of hydrogen-bond acceptors (Lipinski definition) is 1. The van der Waals surface area contributed by atoms with E-state index in [2.05, 4.69) is 32.1 Å². The highest BCUT2D eigenvalue weighted by molar-refractivity contribution is 5.03. The van der Waals surface area contributed by atoms with E-state index in [0.717, 1.165) is 43.4 Å². The molecule has 136 valence electrons. The second-order valence-electron chi connectivity index (χ2n) is 8.61. The van der Waals surface area contributed by atoms with E-state index in [-0.39, 0.29) is 5.41 Å². The maximum Gasteiger partial charge on any atom is 0.0689 e. The summed E-state index contributed by atoms with van der Waals surface area (Å²) in [5, 5.41) is 9.70. The van der Waals surface area contributed by atoms with Crippen molar-refractivity contribution >= 4 is 0 Å². The number of hydrogen-bond donors (Lipinski definition) is 0. The molecule has 0 N–H and O–H groups in total. The summed E-state index contributed by atoms with van der Waals surface area (Å²) in [7, 11) is 0. The van der Waals surface area contributed by atoms with E-state index in [0.29, 0.717) is 0 Å². The molecule has 0 heterocycles. The molecule has 1 nitrogen and oxygen atoms in total. The van der Waals surface area contributed by atoms with Crippen molar-refractivity contribution < 1.29 is 0 Å². The summed E-state index contributed by atoms with van der Waals surface area (Å²) in [5.41, 5.74) is -0.00658. The fourth-order valence-electron chi connectivity index (χ4n) is 5.24. The van der Waals surface area contributed by atoms with Crippen LogP contribution < -0.4 is 0 Å². The van der Waals surface area contributed by atoms with Crippen LogP contribution in [0.5, 0.6) is 0 Å². The van der Waals surface area contributed by atoms with E-state index in [9.17, 15) is 5.26 Å². The van der Waals surface area contributed by atoms with Gasteiger partial charge in [0.1, 0.15) is 0 Å². The first-order chi connectivity index (χ1) is 11.7. The van der Waals surface area contributed by atoms with E-state index in [1.165, 1.54) is 64.2 Å². The molecule has 24 heavy (non-hydrogen) atoms. The molecule has 0 amide bonds. The molecular weight excluding hydrogens is 290 g/mol. The SMILES string of the molecule is C/C=C/CC[C@]1(C#N)CC[C@@H](C2CCC(CCCCC)CC2)CC1. The molecule has 1 heteroatoms. The highest BCUT2D eigenvalue weighted by Crippen LogP contribution is 2.47. The highest BCUT2D eigenvalue weighted by atomic mass is 14.4. The van der Waals surface area contributed by atoms with Crippen molar-refractivity contribution in [3.63, 3.8) is 0 Å². The second kappa shape index (κ2) is 10.3. The maximum atomic E-state index is 9.70. The van der Waals surface area contributed by atoms with Crippen LogP contribution >= 0.6 is 0 Å². The fraction of sp³-hybridized carbons (Fsp3) is 0.870. The average Bonchev–Trinajstić information content (AvgIpc) is 2.63. The lowest BCUT2D eigenvalue weighted by Gasteiger charge is -2.40. The van der Waals surface area contributed by atoms with Crippen LogP contribution in [0.3, 0.4) is 0 Å². The van der Waals surface area contributed by atoms with Crippen molar-refractivity contribution in [1.29, 1.82) is 5.26 Å². The monoisotopic (exact) mass is 329 g/mol. The molecule has 2 aliphatic rings. The van der Waals surface area contributed by atoms with Gasteiger partial charge in [0, 0.05) is 0 Å². The minimum absolute atomic E-state index is 0.00658. The van der Waals surface area contributed by atoms with Crippen molar-refractivity contribution in [2.45, 2.75) is 104 Å². The van der Waals surface area contributed by atoms with Gasteiger partial charge in [-0.15, -0.1) is 0 Å². The summed E-state index contributed by atoms with van der Waals surface area (Å²) in [6, 6.07) is 2.70. The van der Waals surface area contributed by atoms with Crippen molar-refractivity contribution in [3.05, 3.63) is 12.2 Å². The molecule has 0 atom stereocenters. The van der Waals surface area contributed by atoms with Crippen molar-refractivity contribution in [1.82, 2.24) is 0 Å². The first-order valence-corrected chi connectivity index (χ1v) is 10.8. The highest BCUT2D eigenvalue weighted by Gasteiger charge is 2.38. The Balaban J connectivity index is 1.72. The molecular formula is C23H39N. The lowest BCUT2D eigenvalue weighted by atomic mass is 9.63. The summed E-state index contributed by atoms with van der Waals surface area (Å²) < 4.78 is 0. The molecule has 2 saturated carbocycles. The van der Waals surface area contributed by atoms with Crippen LogP contribution in [-0.2, 0) is 0 Å². The van der Waals surface area contributed by atoms with Gasteiger partial charge in [0.2, 0.25) is 0 Å². The lowest BCUT2D eigenvalue weighted by Crippen LogP contribution is -2.31. The van der Waals surface area contributed by atoms with E-state index in [1.54, 1.807) is 0 Å². The van der Waals surface area contributed by atoms with Crippen molar-refractivity contribution in [2.75, 3.05) is 0 Å². The Hall–Kier alpha value is -0.770. The van der Waals surface area contributed by atoms with Crippen LogP contribution in [-0.4, -0.2) is 0 Å². The van der Waals surface area contributed by atoms with Crippen LogP contribution in [0.15, 0.2) is 12.2 Å². The van der Waals surface area contributed by atoms with Gasteiger partial charge in [-0.05, 0) is 76.0 Å². The average molecular weight is 330 g/mol. The Morgan fingerprint density at radius 2 is 1.67 bits per heavy atom. The minimum atomic E-state index is -0.00658. The van der Waals surface area contributed by atoms with Gasteiger partial charge in [-0.2, -0.15) is 5.26 Å². The Morgan fingerprint density at radius 3 is 2.25 bits per heavy atom. The third-order valence-corrected chi connectivity index (χ3v) is 7.02. The Labute approximate surface area is 150 Å². The molecule has 0 radical (unpaired) electrons. The maximum absolute atomic E-state index is 9.70. The Morgan fingerprint density at radius 1 is 1.00 bits per heavy atom. The van der Waals surface area contributed by atoms with Gasteiger partial charge in [-0.3, -0.25) is 0 Å². The zero-order chi connectivity index (χ0) is 17.3. The largest absolute Gasteiger partial charge is 0.198 e. The number of nitriles is 1. The van der Waals surface area contributed by atoms with Crippen LogP contribution in [0.4, 0.5) is 0 Å². The number of nitrogens with zero attached hydrogens (tertiary/aromatic N) is 1. The first kappa shape index (κ1) is 19.6. The molecule has 0 bridgehead atoms. The molecule has 2 fully saturated rings. The topological polar surface area (TPSA) is 23.8 Å². The van der Waals surface area contributed by atoms with Crippen LogP contribution in [0.25, 0.3) is 0 Å². The number of unbranched alkanes of at least 4 members (excludes halogenated alkanes) is 2. The number of rotatable bonds is 8. The van der Waals surface area contributed by atoms with Gasteiger partial charge in [-0.1, -0.05) is 57.6 Å². The van der Waals surface area contributed by atoms with Crippen LogP contribution in [0.1, 0.15) is 104 Å². The van der Waals surface area contributed by atoms with Gasteiger partial charge >= 0.3 is 0 Å². The Bertz CT molecular complexity index is 400. The first-order valence-electron chi connectivity index (χ1n) is 10.8. The summed E-state index contributed by atoms with van der Waals surface area (Å²) >= 11 is 0. The molecule has 0 aliphatic heterocycles. The summed E-state index contributed by atoms with van der Waals surface area (Å²) in [6.07, 6.45) is 23.1. The predicted octanol–water partition coefficient (Wildman–Crippen LogP) is 7.43. The zero-order valence-electron chi connectivity index (χ0n) is 16.2. The smallest absolute Gasteiger partial charge is 0.0689 e. The summed E-state index contributed by atoms with van der Waals surface area (Å²) in [5.74, 6) is 2.92. The minimum Gasteiger partial charge on any atom is -0.198 e. The second-order valence-corrected chi connectivity index (χ2v) is 8.61. The molecule has 0 spiro atoms. The molecule has 2 aliphatic carbocycles. The fourth-order valence-corrected chi connectivity index (χ4v) is 5.24. The van der Waals surface area contributed by atoms with Gasteiger partial charge in [-0.25, -0.2) is 0 Å². The molecule has 0 aromatic carbocycles. The summed E-state index contributed by atoms with van der Waals surface area (Å²) in [6.45, 7) is 4.38. The molecule has 0 saturated heterocycles. The number of allylic oxidation sites excluding steroid dienone is 2. The normalized spacial score (nSPS) is 34.3. The van der Waals surface area contributed by atoms with Crippen molar-refractivity contribution in [3.8, 4) is 6.07 Å². The third-order valence-electron chi connectivity index (χ3n) is 7.02. The van der Waals surface area contributed by atoms with Gasteiger partial charge in [0.25, 0.3) is 0 Å². The zero-order valence-corrected chi connectivity index (χ0v) is 16.2. The van der Waals surface area contributed by atoms with E-state index < -0.39 is 0 Å². The van der Waals surface area contributed by atoms with E-state index in [4.69, 9.17) is 0 Å².